The van der Waals surface area contributed by atoms with Crippen molar-refractivity contribution in [3.8, 4) is 5.69 Å². The number of benzene rings is 1. The molecule has 1 heterocycles. The second-order valence-corrected chi connectivity index (χ2v) is 5.20. The van der Waals surface area contributed by atoms with Crippen molar-refractivity contribution in [3.05, 3.63) is 50.7 Å². The molecule has 0 aliphatic heterocycles. The number of halogens is 2. The lowest BCUT2D eigenvalue weighted by Gasteiger charge is -2.11. The van der Waals surface area contributed by atoms with Crippen LogP contribution in [0.3, 0.4) is 0 Å². The van der Waals surface area contributed by atoms with Gasteiger partial charge >= 0.3 is 0 Å². The van der Waals surface area contributed by atoms with E-state index in [1.165, 1.54) is 0 Å². The Hall–Kier alpha value is -1.06. The van der Waals surface area contributed by atoms with Gasteiger partial charge in [-0.2, -0.15) is 0 Å². The van der Waals surface area contributed by atoms with E-state index >= 15 is 0 Å². The molecule has 88 valence electrons. The van der Waals surface area contributed by atoms with Crippen LogP contribution in [0.15, 0.2) is 28.7 Å². The largest absolute Gasteiger partial charge is 0.316 e. The van der Waals surface area contributed by atoms with Crippen LogP contribution in [0.5, 0.6) is 0 Å². The molecule has 4 heteroatoms. The smallest absolute Gasteiger partial charge is 0.151 e. The SMILES string of the molecule is Cc1cc(C=O)c(C)n1-c1cc(Br)ccc1Cl. The Labute approximate surface area is 113 Å². The van der Waals surface area contributed by atoms with Crippen molar-refractivity contribution in [2.24, 2.45) is 0 Å². The summed E-state index contributed by atoms with van der Waals surface area (Å²) in [5.41, 5.74) is 3.46. The van der Waals surface area contributed by atoms with E-state index in [1.807, 2.05) is 42.7 Å². The van der Waals surface area contributed by atoms with Crippen LogP contribution in [-0.2, 0) is 0 Å². The number of carbonyl (C=O) groups excluding carboxylic acids is 1. The number of hydrogen-bond donors (Lipinski definition) is 0. The first kappa shape index (κ1) is 12.4. The fourth-order valence-corrected chi connectivity index (χ4v) is 2.49. The molecule has 0 N–H and O–H groups in total. The molecule has 0 saturated heterocycles. The van der Waals surface area contributed by atoms with Crippen LogP contribution in [0.2, 0.25) is 5.02 Å². The number of aryl methyl sites for hydroxylation is 1. The van der Waals surface area contributed by atoms with Gasteiger partial charge in [0.05, 0.1) is 10.7 Å². The Morgan fingerprint density at radius 1 is 1.29 bits per heavy atom. The summed E-state index contributed by atoms with van der Waals surface area (Å²) in [4.78, 5) is 10.9. The molecule has 2 nitrogen and oxygen atoms in total. The van der Waals surface area contributed by atoms with Crippen molar-refractivity contribution in [1.29, 1.82) is 0 Å². The molecular formula is C13H11BrClNO. The molecular weight excluding hydrogens is 302 g/mol. The van der Waals surface area contributed by atoms with E-state index in [0.717, 1.165) is 27.8 Å². The molecule has 0 spiro atoms. The summed E-state index contributed by atoms with van der Waals surface area (Å²) in [5.74, 6) is 0. The average Bonchev–Trinajstić information content (AvgIpc) is 2.58. The summed E-state index contributed by atoms with van der Waals surface area (Å²) < 4.78 is 2.94. The maximum atomic E-state index is 10.9. The quantitative estimate of drug-likeness (QED) is 0.757. The zero-order valence-corrected chi connectivity index (χ0v) is 11.8. The Morgan fingerprint density at radius 2 is 2.00 bits per heavy atom. The lowest BCUT2D eigenvalue weighted by molar-refractivity contribution is 0.112. The van der Waals surface area contributed by atoms with E-state index in [2.05, 4.69) is 15.9 Å². The van der Waals surface area contributed by atoms with Gasteiger partial charge in [0.2, 0.25) is 0 Å². The van der Waals surface area contributed by atoms with Crippen LogP contribution in [0.1, 0.15) is 21.7 Å². The number of aromatic nitrogens is 1. The van der Waals surface area contributed by atoms with Crippen LogP contribution in [0, 0.1) is 13.8 Å². The summed E-state index contributed by atoms with van der Waals surface area (Å²) in [6, 6.07) is 7.53. The summed E-state index contributed by atoms with van der Waals surface area (Å²) in [6.07, 6.45) is 0.866. The lowest BCUT2D eigenvalue weighted by Crippen LogP contribution is -2.00. The van der Waals surface area contributed by atoms with Gasteiger partial charge in [-0.15, -0.1) is 0 Å². The minimum absolute atomic E-state index is 0.660. The van der Waals surface area contributed by atoms with E-state index in [0.29, 0.717) is 10.6 Å². The summed E-state index contributed by atoms with van der Waals surface area (Å²) in [6.45, 7) is 3.87. The predicted octanol–water partition coefficient (Wildman–Crippen LogP) is 4.32. The first-order valence-corrected chi connectivity index (χ1v) is 6.31. The van der Waals surface area contributed by atoms with E-state index in [4.69, 9.17) is 11.6 Å². The highest BCUT2D eigenvalue weighted by atomic mass is 79.9. The normalized spacial score (nSPS) is 10.6. The molecule has 0 amide bonds. The highest BCUT2D eigenvalue weighted by Gasteiger charge is 2.12. The third-order valence-electron chi connectivity index (χ3n) is 2.75. The van der Waals surface area contributed by atoms with E-state index in [9.17, 15) is 4.79 Å². The monoisotopic (exact) mass is 311 g/mol. The van der Waals surface area contributed by atoms with Gasteiger partial charge in [0, 0.05) is 21.4 Å². The molecule has 0 aliphatic rings. The third kappa shape index (κ3) is 2.17. The molecule has 17 heavy (non-hydrogen) atoms. The topological polar surface area (TPSA) is 22.0 Å². The average molecular weight is 313 g/mol. The number of rotatable bonds is 2. The Bertz CT molecular complexity index is 589. The van der Waals surface area contributed by atoms with Crippen molar-refractivity contribution < 1.29 is 4.79 Å². The first-order chi connectivity index (χ1) is 8.04. The number of carbonyl (C=O) groups is 1. The molecule has 0 radical (unpaired) electrons. The number of aldehydes is 1. The maximum Gasteiger partial charge on any atom is 0.151 e. The molecule has 0 aliphatic carbocycles. The zero-order chi connectivity index (χ0) is 12.6. The molecule has 0 unspecified atom stereocenters. The van der Waals surface area contributed by atoms with Crippen molar-refractivity contribution in [2.45, 2.75) is 13.8 Å². The molecule has 0 atom stereocenters. The van der Waals surface area contributed by atoms with Gasteiger partial charge in [0.1, 0.15) is 0 Å². The van der Waals surface area contributed by atoms with Gasteiger partial charge in [-0.1, -0.05) is 27.5 Å². The van der Waals surface area contributed by atoms with Crippen molar-refractivity contribution >= 4 is 33.8 Å². The first-order valence-electron chi connectivity index (χ1n) is 5.14. The van der Waals surface area contributed by atoms with Crippen molar-refractivity contribution in [2.75, 3.05) is 0 Å². The number of nitrogens with zero attached hydrogens (tertiary/aromatic N) is 1. The van der Waals surface area contributed by atoms with Gasteiger partial charge in [-0.05, 0) is 38.1 Å². The van der Waals surface area contributed by atoms with E-state index < -0.39 is 0 Å². The summed E-state index contributed by atoms with van der Waals surface area (Å²) in [5, 5.41) is 0.660. The Morgan fingerprint density at radius 3 is 2.59 bits per heavy atom. The van der Waals surface area contributed by atoms with Crippen LogP contribution >= 0.6 is 27.5 Å². The highest BCUT2D eigenvalue weighted by molar-refractivity contribution is 9.10. The Kier molecular flexibility index (Phi) is 3.40. The van der Waals surface area contributed by atoms with Gasteiger partial charge in [0.25, 0.3) is 0 Å². The molecule has 0 saturated carbocycles. The fourth-order valence-electron chi connectivity index (χ4n) is 1.93. The van der Waals surface area contributed by atoms with Gasteiger partial charge in [0.15, 0.2) is 6.29 Å². The molecule has 0 fully saturated rings. The molecule has 1 aromatic heterocycles. The van der Waals surface area contributed by atoms with Crippen molar-refractivity contribution in [1.82, 2.24) is 4.57 Å². The van der Waals surface area contributed by atoms with Crippen LogP contribution in [0.25, 0.3) is 5.69 Å². The third-order valence-corrected chi connectivity index (χ3v) is 3.56. The maximum absolute atomic E-state index is 10.9. The predicted molar refractivity (Wildman–Crippen MR) is 73.3 cm³/mol. The minimum atomic E-state index is 0.660. The molecule has 0 bridgehead atoms. The molecule has 2 rings (SSSR count). The second kappa shape index (κ2) is 4.67. The molecule has 1 aromatic carbocycles. The second-order valence-electron chi connectivity index (χ2n) is 3.88. The van der Waals surface area contributed by atoms with Crippen LogP contribution in [-0.4, -0.2) is 10.9 Å². The molecule has 2 aromatic rings. The van der Waals surface area contributed by atoms with Crippen LogP contribution < -0.4 is 0 Å². The number of hydrogen-bond acceptors (Lipinski definition) is 1. The van der Waals surface area contributed by atoms with Crippen molar-refractivity contribution in [3.63, 3.8) is 0 Å². The highest BCUT2D eigenvalue weighted by Crippen LogP contribution is 2.28. The van der Waals surface area contributed by atoms with Gasteiger partial charge < -0.3 is 4.57 Å². The lowest BCUT2D eigenvalue weighted by atomic mass is 10.2. The fraction of sp³-hybridized carbons (Fsp3) is 0.154. The Balaban J connectivity index is 2.72. The summed E-state index contributed by atoms with van der Waals surface area (Å²) in [7, 11) is 0. The van der Waals surface area contributed by atoms with Gasteiger partial charge in [-0.3, -0.25) is 4.79 Å². The minimum Gasteiger partial charge on any atom is -0.316 e. The zero-order valence-electron chi connectivity index (χ0n) is 9.50. The van der Waals surface area contributed by atoms with Crippen LogP contribution in [0.4, 0.5) is 0 Å². The van der Waals surface area contributed by atoms with E-state index in [1.54, 1.807) is 0 Å². The van der Waals surface area contributed by atoms with E-state index in [-0.39, 0.29) is 0 Å². The van der Waals surface area contributed by atoms with Gasteiger partial charge in [-0.25, -0.2) is 0 Å². The standard InChI is InChI=1S/C13H11BrClNO/c1-8-5-10(7-17)9(2)16(8)13-6-11(14)3-4-12(13)15/h3-7H,1-2H3. The summed E-state index contributed by atoms with van der Waals surface area (Å²) >= 11 is 9.62.